The lowest BCUT2D eigenvalue weighted by Crippen LogP contribution is -2.01. The molecule has 0 aliphatic heterocycles. The van der Waals surface area contributed by atoms with Crippen LogP contribution in [-0.2, 0) is 0 Å². The number of hydrogen-bond acceptors (Lipinski definition) is 4. The second-order valence-electron chi connectivity index (χ2n) is 4.84. The molecule has 2 aromatic rings. The number of ether oxygens (including phenoxy) is 3. The minimum Gasteiger partial charge on any atom is -0.504 e. The summed E-state index contributed by atoms with van der Waals surface area (Å²) in [5, 5.41) is 10.4. The van der Waals surface area contributed by atoms with Gasteiger partial charge in [-0.2, -0.15) is 0 Å². The summed E-state index contributed by atoms with van der Waals surface area (Å²) in [5.74, 6) is 7.54. The van der Waals surface area contributed by atoms with Gasteiger partial charge in [0.2, 0.25) is 0 Å². The molecule has 0 aliphatic rings. The van der Waals surface area contributed by atoms with Crippen molar-refractivity contribution in [1.82, 2.24) is 0 Å². The molecule has 1 unspecified atom stereocenters. The van der Waals surface area contributed by atoms with Crippen LogP contribution in [0.25, 0.3) is 0 Å². The summed E-state index contributed by atoms with van der Waals surface area (Å²) in [6, 6.07) is 11.0. The molecule has 4 nitrogen and oxygen atoms in total. The first-order valence-corrected chi connectivity index (χ1v) is 7.16. The Morgan fingerprint density at radius 2 is 1.61 bits per heavy atom. The molecule has 2 rings (SSSR count). The molecule has 1 atom stereocenters. The molecule has 120 valence electrons. The first-order chi connectivity index (χ1) is 11.2. The Bertz CT molecular complexity index is 741. The van der Waals surface area contributed by atoms with E-state index in [0.717, 1.165) is 5.56 Å². The zero-order chi connectivity index (χ0) is 16.8. The molecular formula is C19H20O4. The van der Waals surface area contributed by atoms with Gasteiger partial charge in [0.1, 0.15) is 0 Å². The predicted molar refractivity (Wildman–Crippen MR) is 89.5 cm³/mol. The van der Waals surface area contributed by atoms with Gasteiger partial charge in [-0.25, -0.2) is 0 Å². The summed E-state index contributed by atoms with van der Waals surface area (Å²) in [6.07, 6.45) is 0. The number of aromatic hydroxyl groups is 1. The van der Waals surface area contributed by atoms with Crippen molar-refractivity contribution in [2.75, 3.05) is 21.3 Å². The SMILES string of the molecule is CC#CC(c1ccc(OC)c(OC)c1)c1cccc(OC)c1O. The van der Waals surface area contributed by atoms with Crippen molar-refractivity contribution >= 4 is 0 Å². The lowest BCUT2D eigenvalue weighted by atomic mass is 9.90. The monoisotopic (exact) mass is 312 g/mol. The summed E-state index contributed by atoms with van der Waals surface area (Å²) in [6.45, 7) is 1.77. The Morgan fingerprint density at radius 3 is 2.22 bits per heavy atom. The Kier molecular flexibility index (Phi) is 5.37. The van der Waals surface area contributed by atoms with Crippen LogP contribution in [0.4, 0.5) is 0 Å². The normalized spacial score (nSPS) is 11.1. The van der Waals surface area contributed by atoms with E-state index in [4.69, 9.17) is 14.2 Å². The molecular weight excluding hydrogens is 292 g/mol. The molecule has 0 spiro atoms. The molecule has 0 heterocycles. The van der Waals surface area contributed by atoms with Gasteiger partial charge >= 0.3 is 0 Å². The highest BCUT2D eigenvalue weighted by atomic mass is 16.5. The van der Waals surface area contributed by atoms with Gasteiger partial charge in [-0.05, 0) is 30.7 Å². The molecule has 0 radical (unpaired) electrons. The van der Waals surface area contributed by atoms with Crippen LogP contribution in [0.5, 0.6) is 23.0 Å². The molecule has 0 saturated carbocycles. The standard InChI is InChI=1S/C19H20O4/c1-5-7-14(15-8-6-9-17(22-3)19(15)20)13-10-11-16(21-2)18(12-13)23-4/h6,8-12,14,20H,1-4H3. The number of para-hydroxylation sites is 1. The second kappa shape index (κ2) is 7.46. The highest BCUT2D eigenvalue weighted by Crippen LogP contribution is 2.39. The maximum Gasteiger partial charge on any atom is 0.162 e. The quantitative estimate of drug-likeness (QED) is 0.857. The van der Waals surface area contributed by atoms with Crippen molar-refractivity contribution in [3.8, 4) is 34.8 Å². The summed E-state index contributed by atoms with van der Waals surface area (Å²) < 4.78 is 15.8. The molecule has 2 aromatic carbocycles. The number of methoxy groups -OCH3 is 3. The highest BCUT2D eigenvalue weighted by Gasteiger charge is 2.19. The van der Waals surface area contributed by atoms with Crippen LogP contribution in [0.15, 0.2) is 36.4 Å². The highest BCUT2D eigenvalue weighted by molar-refractivity contribution is 5.55. The maximum atomic E-state index is 10.4. The zero-order valence-electron chi connectivity index (χ0n) is 13.7. The van der Waals surface area contributed by atoms with E-state index in [1.54, 1.807) is 27.2 Å². The van der Waals surface area contributed by atoms with Crippen molar-refractivity contribution in [1.29, 1.82) is 0 Å². The van der Waals surface area contributed by atoms with E-state index in [0.29, 0.717) is 22.8 Å². The van der Waals surface area contributed by atoms with Gasteiger partial charge in [0.05, 0.1) is 27.2 Å². The van der Waals surface area contributed by atoms with E-state index in [9.17, 15) is 5.11 Å². The minimum absolute atomic E-state index is 0.0949. The van der Waals surface area contributed by atoms with Crippen LogP contribution in [-0.4, -0.2) is 26.4 Å². The van der Waals surface area contributed by atoms with Gasteiger partial charge in [-0.1, -0.05) is 24.1 Å². The van der Waals surface area contributed by atoms with Gasteiger partial charge in [-0.3, -0.25) is 0 Å². The number of rotatable bonds is 5. The third-order valence-corrected chi connectivity index (χ3v) is 3.59. The summed E-state index contributed by atoms with van der Waals surface area (Å²) in [5.41, 5.74) is 1.59. The Morgan fingerprint density at radius 1 is 0.913 bits per heavy atom. The lowest BCUT2D eigenvalue weighted by molar-refractivity contribution is 0.354. The number of phenols is 1. The fraction of sp³-hybridized carbons (Fsp3) is 0.263. The summed E-state index contributed by atoms with van der Waals surface area (Å²) >= 11 is 0. The average Bonchev–Trinajstić information content (AvgIpc) is 2.59. The molecule has 1 N–H and O–H groups in total. The first kappa shape index (κ1) is 16.6. The van der Waals surface area contributed by atoms with Crippen LogP contribution in [0, 0.1) is 11.8 Å². The smallest absolute Gasteiger partial charge is 0.162 e. The van der Waals surface area contributed by atoms with Crippen molar-refractivity contribution in [3.63, 3.8) is 0 Å². The number of hydrogen-bond donors (Lipinski definition) is 1. The zero-order valence-corrected chi connectivity index (χ0v) is 13.7. The molecule has 23 heavy (non-hydrogen) atoms. The van der Waals surface area contributed by atoms with Crippen molar-refractivity contribution in [2.24, 2.45) is 0 Å². The molecule has 0 bridgehead atoms. The van der Waals surface area contributed by atoms with Crippen LogP contribution < -0.4 is 14.2 Å². The van der Waals surface area contributed by atoms with Crippen LogP contribution in [0.1, 0.15) is 24.0 Å². The van der Waals surface area contributed by atoms with Crippen molar-refractivity contribution in [3.05, 3.63) is 47.5 Å². The average molecular weight is 312 g/mol. The van der Waals surface area contributed by atoms with Gasteiger partial charge in [-0.15, -0.1) is 5.92 Å². The van der Waals surface area contributed by atoms with Crippen LogP contribution >= 0.6 is 0 Å². The Labute approximate surface area is 136 Å². The van der Waals surface area contributed by atoms with Crippen molar-refractivity contribution in [2.45, 2.75) is 12.8 Å². The first-order valence-electron chi connectivity index (χ1n) is 7.16. The van der Waals surface area contributed by atoms with E-state index >= 15 is 0 Å². The van der Waals surface area contributed by atoms with Crippen LogP contribution in [0.2, 0.25) is 0 Å². The maximum absolute atomic E-state index is 10.4. The largest absolute Gasteiger partial charge is 0.504 e. The Balaban J connectivity index is 2.57. The van der Waals surface area contributed by atoms with E-state index in [-0.39, 0.29) is 11.7 Å². The predicted octanol–water partition coefficient (Wildman–Crippen LogP) is 3.57. The third kappa shape index (κ3) is 3.35. The van der Waals surface area contributed by atoms with Crippen LogP contribution in [0.3, 0.4) is 0 Å². The van der Waals surface area contributed by atoms with E-state index in [1.165, 1.54) is 7.11 Å². The molecule has 0 amide bonds. The Hall–Kier alpha value is -2.80. The van der Waals surface area contributed by atoms with Crippen molar-refractivity contribution < 1.29 is 19.3 Å². The lowest BCUT2D eigenvalue weighted by Gasteiger charge is -2.17. The molecule has 0 aromatic heterocycles. The van der Waals surface area contributed by atoms with E-state index < -0.39 is 0 Å². The van der Waals surface area contributed by atoms with E-state index in [2.05, 4.69) is 11.8 Å². The summed E-state index contributed by atoms with van der Waals surface area (Å²) in [4.78, 5) is 0. The van der Waals surface area contributed by atoms with Gasteiger partial charge in [0.15, 0.2) is 23.0 Å². The fourth-order valence-electron chi connectivity index (χ4n) is 2.45. The topological polar surface area (TPSA) is 47.9 Å². The summed E-state index contributed by atoms with van der Waals surface area (Å²) in [7, 11) is 4.70. The third-order valence-electron chi connectivity index (χ3n) is 3.59. The molecule has 0 saturated heterocycles. The van der Waals surface area contributed by atoms with Gasteiger partial charge in [0.25, 0.3) is 0 Å². The molecule has 0 aliphatic carbocycles. The number of phenolic OH excluding ortho intramolecular Hbond substituents is 1. The van der Waals surface area contributed by atoms with Gasteiger partial charge < -0.3 is 19.3 Å². The molecule has 0 fully saturated rings. The fourth-order valence-corrected chi connectivity index (χ4v) is 2.45. The second-order valence-corrected chi connectivity index (χ2v) is 4.84. The minimum atomic E-state index is -0.296. The van der Waals surface area contributed by atoms with E-state index in [1.807, 2.05) is 30.3 Å². The van der Waals surface area contributed by atoms with Gasteiger partial charge in [0, 0.05) is 5.56 Å². The molecule has 4 heteroatoms. The number of benzene rings is 2.